The van der Waals surface area contributed by atoms with Crippen molar-refractivity contribution < 1.29 is 0 Å². The fraction of sp³-hybridized carbons (Fsp3) is 0.467. The first-order valence-corrected chi connectivity index (χ1v) is 6.40. The van der Waals surface area contributed by atoms with Crippen LogP contribution in [0.1, 0.15) is 37.8 Å². The average molecular weight is 215 g/mol. The minimum atomic E-state index is 0.363. The number of nitrogens with one attached hydrogen (secondary N) is 1. The summed E-state index contributed by atoms with van der Waals surface area (Å²) >= 11 is 0. The number of hydrogen-bond donors (Lipinski definition) is 1. The summed E-state index contributed by atoms with van der Waals surface area (Å²) < 4.78 is 0. The lowest BCUT2D eigenvalue weighted by molar-refractivity contribution is 0.378. The first kappa shape index (κ1) is 11.4. The molecule has 1 saturated heterocycles. The molecule has 0 radical (unpaired) electrons. The van der Waals surface area contributed by atoms with E-state index in [1.807, 2.05) is 13.8 Å². The highest BCUT2D eigenvalue weighted by Crippen LogP contribution is 2.41. The molecule has 1 nitrogen and oxygen atoms in total. The molecule has 0 aromatic heterocycles. The van der Waals surface area contributed by atoms with Crippen LogP contribution in [0, 0.1) is 0 Å². The lowest BCUT2D eigenvalue weighted by Crippen LogP contribution is -2.37. The molecule has 3 rings (SSSR count). The molecule has 16 heavy (non-hydrogen) atoms. The largest absolute Gasteiger partial charge is 0.317 e. The summed E-state index contributed by atoms with van der Waals surface area (Å²) in [6.45, 7) is 6.30. The Morgan fingerprint density at radius 3 is 2.50 bits per heavy atom. The standard InChI is InChI=1S/C13H15N.C2H6/c1-2-4-12-11(3-1)5-6-13(12)7-9-14-10-8-13;1-2/h1-6,14H,7-10H2;1-2H3. The Morgan fingerprint density at radius 2 is 1.75 bits per heavy atom. The number of fused-ring (bicyclic) bond motifs is 2. The van der Waals surface area contributed by atoms with Gasteiger partial charge >= 0.3 is 0 Å². The monoisotopic (exact) mass is 215 g/mol. The molecule has 86 valence electrons. The van der Waals surface area contributed by atoms with Crippen LogP contribution in [0.4, 0.5) is 0 Å². The van der Waals surface area contributed by atoms with E-state index >= 15 is 0 Å². The van der Waals surface area contributed by atoms with Crippen LogP contribution < -0.4 is 5.32 Å². The average Bonchev–Trinajstić information content (AvgIpc) is 2.73. The van der Waals surface area contributed by atoms with Gasteiger partial charge in [0.25, 0.3) is 0 Å². The summed E-state index contributed by atoms with van der Waals surface area (Å²) in [5.41, 5.74) is 3.33. The molecule has 0 bridgehead atoms. The Kier molecular flexibility index (Phi) is 3.45. The van der Waals surface area contributed by atoms with Crippen molar-refractivity contribution in [2.45, 2.75) is 32.1 Å². The number of allylic oxidation sites excluding steroid dienone is 1. The van der Waals surface area contributed by atoms with Crippen molar-refractivity contribution in [3.8, 4) is 0 Å². The SMILES string of the molecule is C1=CC2(CCNCC2)c2ccccc21.CC. The summed E-state index contributed by atoms with van der Waals surface area (Å²) in [6.07, 6.45) is 7.21. The molecule has 1 aromatic carbocycles. The lowest BCUT2D eigenvalue weighted by atomic mass is 9.75. The van der Waals surface area contributed by atoms with Crippen LogP contribution in [0.25, 0.3) is 6.08 Å². The van der Waals surface area contributed by atoms with E-state index in [-0.39, 0.29) is 0 Å². The highest BCUT2D eigenvalue weighted by atomic mass is 14.9. The summed E-state index contributed by atoms with van der Waals surface area (Å²) in [5, 5.41) is 3.43. The number of hydrogen-bond acceptors (Lipinski definition) is 1. The Morgan fingerprint density at radius 1 is 1.06 bits per heavy atom. The third-order valence-corrected chi connectivity index (χ3v) is 3.57. The molecule has 0 unspecified atom stereocenters. The van der Waals surface area contributed by atoms with Crippen LogP contribution >= 0.6 is 0 Å². The summed E-state index contributed by atoms with van der Waals surface area (Å²) in [6, 6.07) is 8.81. The van der Waals surface area contributed by atoms with E-state index in [1.165, 1.54) is 18.4 Å². The van der Waals surface area contributed by atoms with E-state index in [9.17, 15) is 0 Å². The molecule has 1 heteroatoms. The number of benzene rings is 1. The predicted octanol–water partition coefficient (Wildman–Crippen LogP) is 3.36. The molecule has 0 atom stereocenters. The minimum absolute atomic E-state index is 0.363. The van der Waals surface area contributed by atoms with Crippen molar-refractivity contribution >= 4 is 6.08 Å². The molecule has 0 saturated carbocycles. The van der Waals surface area contributed by atoms with Crippen LogP contribution in [0.15, 0.2) is 30.3 Å². The van der Waals surface area contributed by atoms with Gasteiger partial charge in [0.2, 0.25) is 0 Å². The van der Waals surface area contributed by atoms with Crippen LogP contribution in [-0.4, -0.2) is 13.1 Å². The van der Waals surface area contributed by atoms with E-state index in [0.29, 0.717) is 5.41 Å². The second kappa shape index (κ2) is 4.84. The van der Waals surface area contributed by atoms with Gasteiger partial charge in [-0.15, -0.1) is 0 Å². The number of rotatable bonds is 0. The lowest BCUT2D eigenvalue weighted by Gasteiger charge is -2.33. The van der Waals surface area contributed by atoms with Gasteiger partial charge in [-0.3, -0.25) is 0 Å². The van der Waals surface area contributed by atoms with Gasteiger partial charge in [0.1, 0.15) is 0 Å². The summed E-state index contributed by atoms with van der Waals surface area (Å²) in [7, 11) is 0. The van der Waals surface area contributed by atoms with Crippen molar-refractivity contribution in [1.82, 2.24) is 5.32 Å². The fourth-order valence-electron chi connectivity index (χ4n) is 2.74. The second-order valence-corrected chi connectivity index (χ2v) is 4.33. The maximum absolute atomic E-state index is 3.43. The molecule has 1 aliphatic carbocycles. The van der Waals surface area contributed by atoms with Gasteiger partial charge in [0, 0.05) is 5.41 Å². The second-order valence-electron chi connectivity index (χ2n) is 4.33. The van der Waals surface area contributed by atoms with Crippen molar-refractivity contribution in [3.05, 3.63) is 41.5 Å². The molecule has 1 N–H and O–H groups in total. The van der Waals surface area contributed by atoms with Crippen LogP contribution in [0.5, 0.6) is 0 Å². The van der Waals surface area contributed by atoms with Crippen LogP contribution in [-0.2, 0) is 5.41 Å². The topological polar surface area (TPSA) is 12.0 Å². The quantitative estimate of drug-likeness (QED) is 0.699. The molecule has 1 heterocycles. The first-order chi connectivity index (χ1) is 7.91. The predicted molar refractivity (Wildman–Crippen MR) is 70.6 cm³/mol. The molecule has 1 fully saturated rings. The zero-order chi connectivity index (χ0) is 11.4. The summed E-state index contributed by atoms with van der Waals surface area (Å²) in [5.74, 6) is 0. The Labute approximate surface area is 98.6 Å². The zero-order valence-corrected chi connectivity index (χ0v) is 10.3. The van der Waals surface area contributed by atoms with Gasteiger partial charge in [-0.2, -0.15) is 0 Å². The molecular weight excluding hydrogens is 194 g/mol. The molecule has 2 aliphatic rings. The maximum atomic E-state index is 3.43. The van der Waals surface area contributed by atoms with Gasteiger partial charge in [0.15, 0.2) is 0 Å². The molecular formula is C15H21N. The van der Waals surface area contributed by atoms with Gasteiger partial charge in [0.05, 0.1) is 0 Å². The smallest absolute Gasteiger partial charge is 0.0165 e. The molecule has 1 aromatic rings. The molecule has 1 aliphatic heterocycles. The number of piperidine rings is 1. The third kappa shape index (κ3) is 1.80. The Hall–Kier alpha value is -1.08. The van der Waals surface area contributed by atoms with Gasteiger partial charge in [-0.25, -0.2) is 0 Å². The van der Waals surface area contributed by atoms with Crippen molar-refractivity contribution in [1.29, 1.82) is 0 Å². The Bertz CT molecular complexity index is 373. The highest BCUT2D eigenvalue weighted by molar-refractivity contribution is 5.65. The highest BCUT2D eigenvalue weighted by Gasteiger charge is 2.35. The summed E-state index contributed by atoms with van der Waals surface area (Å²) in [4.78, 5) is 0. The normalized spacial score (nSPS) is 20.1. The molecule has 0 amide bonds. The molecule has 1 spiro atoms. The van der Waals surface area contributed by atoms with Crippen LogP contribution in [0.2, 0.25) is 0 Å². The van der Waals surface area contributed by atoms with Gasteiger partial charge < -0.3 is 5.32 Å². The maximum Gasteiger partial charge on any atom is 0.0165 e. The van der Waals surface area contributed by atoms with Crippen molar-refractivity contribution in [3.63, 3.8) is 0 Å². The third-order valence-electron chi connectivity index (χ3n) is 3.57. The van der Waals surface area contributed by atoms with E-state index in [2.05, 4.69) is 41.7 Å². The van der Waals surface area contributed by atoms with Gasteiger partial charge in [-0.05, 0) is 37.1 Å². The van der Waals surface area contributed by atoms with Crippen LogP contribution in [0.3, 0.4) is 0 Å². The minimum Gasteiger partial charge on any atom is -0.317 e. The zero-order valence-electron chi connectivity index (χ0n) is 10.3. The first-order valence-electron chi connectivity index (χ1n) is 6.40. The fourth-order valence-corrected chi connectivity index (χ4v) is 2.74. The van der Waals surface area contributed by atoms with Crippen molar-refractivity contribution in [2.24, 2.45) is 0 Å². The van der Waals surface area contributed by atoms with E-state index in [1.54, 1.807) is 5.56 Å². The van der Waals surface area contributed by atoms with E-state index < -0.39 is 0 Å². The van der Waals surface area contributed by atoms with E-state index in [4.69, 9.17) is 0 Å². The van der Waals surface area contributed by atoms with Gasteiger partial charge in [-0.1, -0.05) is 50.3 Å². The van der Waals surface area contributed by atoms with Crippen molar-refractivity contribution in [2.75, 3.05) is 13.1 Å². The van der Waals surface area contributed by atoms with E-state index in [0.717, 1.165) is 13.1 Å². The Balaban J connectivity index is 0.000000457.